The molecular weight excluding hydrogens is 234 g/mol. The van der Waals surface area contributed by atoms with Crippen LogP contribution in [-0.2, 0) is 6.42 Å². The number of hydrogen-bond acceptors (Lipinski definition) is 2. The number of nitrogens with one attached hydrogen (secondary N) is 1. The van der Waals surface area contributed by atoms with E-state index in [-0.39, 0.29) is 11.5 Å². The Morgan fingerprint density at radius 1 is 1.32 bits per heavy atom. The zero-order chi connectivity index (χ0) is 14.0. The molecule has 0 saturated heterocycles. The lowest BCUT2D eigenvalue weighted by molar-refractivity contribution is 0.132. The molecule has 0 spiro atoms. The number of hydrogen-bond donors (Lipinski definition) is 2. The number of aliphatic hydroxyl groups excluding tert-OH is 1. The summed E-state index contributed by atoms with van der Waals surface area (Å²) in [7, 11) is 0. The smallest absolute Gasteiger partial charge is 0.0667 e. The van der Waals surface area contributed by atoms with E-state index in [4.69, 9.17) is 0 Å². The summed E-state index contributed by atoms with van der Waals surface area (Å²) >= 11 is 0. The molecular formula is C17H27NO. The summed E-state index contributed by atoms with van der Waals surface area (Å²) in [6.45, 7) is 9.59. The van der Waals surface area contributed by atoms with Crippen molar-refractivity contribution in [3.63, 3.8) is 0 Å². The fraction of sp³-hybridized carbons (Fsp3) is 0.647. The van der Waals surface area contributed by atoms with E-state index < -0.39 is 0 Å². The number of benzene rings is 1. The monoisotopic (exact) mass is 261 g/mol. The van der Waals surface area contributed by atoms with Gasteiger partial charge in [-0.15, -0.1) is 0 Å². The van der Waals surface area contributed by atoms with Gasteiger partial charge in [-0.3, -0.25) is 0 Å². The minimum Gasteiger partial charge on any atom is -0.392 e. The molecule has 0 saturated carbocycles. The summed E-state index contributed by atoms with van der Waals surface area (Å²) in [6.07, 6.45) is 1.73. The summed E-state index contributed by atoms with van der Waals surface area (Å²) < 4.78 is 0. The SMILES string of the molecule is CC(C)CC(O)CNC1c2ccccc2CC1(C)C. The second kappa shape index (κ2) is 5.64. The van der Waals surface area contributed by atoms with Gasteiger partial charge in [-0.05, 0) is 35.3 Å². The number of rotatable bonds is 5. The van der Waals surface area contributed by atoms with Crippen LogP contribution in [0.2, 0.25) is 0 Å². The zero-order valence-electron chi connectivity index (χ0n) is 12.6. The summed E-state index contributed by atoms with van der Waals surface area (Å²) in [5.74, 6) is 0.542. The van der Waals surface area contributed by atoms with Crippen molar-refractivity contribution in [1.82, 2.24) is 5.32 Å². The fourth-order valence-electron chi connectivity index (χ4n) is 3.26. The summed E-state index contributed by atoms with van der Waals surface area (Å²) in [5.41, 5.74) is 3.08. The van der Waals surface area contributed by atoms with E-state index in [1.54, 1.807) is 0 Å². The highest BCUT2D eigenvalue weighted by atomic mass is 16.3. The van der Waals surface area contributed by atoms with Crippen LogP contribution >= 0.6 is 0 Å². The topological polar surface area (TPSA) is 32.3 Å². The summed E-state index contributed by atoms with van der Waals surface area (Å²) in [4.78, 5) is 0. The summed E-state index contributed by atoms with van der Waals surface area (Å²) in [6, 6.07) is 9.02. The molecule has 2 unspecified atom stereocenters. The van der Waals surface area contributed by atoms with Crippen molar-refractivity contribution in [3.05, 3.63) is 35.4 Å². The number of aliphatic hydroxyl groups is 1. The molecule has 0 bridgehead atoms. The predicted molar refractivity (Wildman–Crippen MR) is 80.1 cm³/mol. The molecule has 2 N–H and O–H groups in total. The first kappa shape index (κ1) is 14.5. The van der Waals surface area contributed by atoms with Crippen LogP contribution in [0.4, 0.5) is 0 Å². The van der Waals surface area contributed by atoms with Gasteiger partial charge < -0.3 is 10.4 Å². The van der Waals surface area contributed by atoms with Crippen LogP contribution in [0.5, 0.6) is 0 Å². The van der Waals surface area contributed by atoms with Gasteiger partial charge in [0.25, 0.3) is 0 Å². The van der Waals surface area contributed by atoms with E-state index in [9.17, 15) is 5.11 Å². The van der Waals surface area contributed by atoms with E-state index in [1.807, 2.05) is 0 Å². The van der Waals surface area contributed by atoms with Crippen molar-refractivity contribution in [2.45, 2.75) is 52.7 Å². The Hall–Kier alpha value is -0.860. The van der Waals surface area contributed by atoms with E-state index >= 15 is 0 Å². The molecule has 0 aliphatic heterocycles. The van der Waals surface area contributed by atoms with Gasteiger partial charge >= 0.3 is 0 Å². The van der Waals surface area contributed by atoms with Crippen LogP contribution in [-0.4, -0.2) is 17.8 Å². The molecule has 106 valence electrons. The number of fused-ring (bicyclic) bond motifs is 1. The molecule has 0 fully saturated rings. The first-order chi connectivity index (χ1) is 8.90. The van der Waals surface area contributed by atoms with Crippen LogP contribution in [0.15, 0.2) is 24.3 Å². The highest BCUT2D eigenvalue weighted by Crippen LogP contribution is 2.44. The van der Waals surface area contributed by atoms with Crippen LogP contribution in [0.1, 0.15) is 51.3 Å². The molecule has 2 heteroatoms. The van der Waals surface area contributed by atoms with Gasteiger partial charge in [0, 0.05) is 12.6 Å². The van der Waals surface area contributed by atoms with Gasteiger partial charge in [0.1, 0.15) is 0 Å². The maximum atomic E-state index is 10.0. The first-order valence-corrected chi connectivity index (χ1v) is 7.39. The highest BCUT2D eigenvalue weighted by Gasteiger charge is 2.38. The molecule has 1 aliphatic rings. The van der Waals surface area contributed by atoms with Gasteiger partial charge in [-0.1, -0.05) is 52.0 Å². The van der Waals surface area contributed by atoms with E-state index in [2.05, 4.69) is 57.3 Å². The first-order valence-electron chi connectivity index (χ1n) is 7.39. The molecule has 0 heterocycles. The molecule has 1 aliphatic carbocycles. The van der Waals surface area contributed by atoms with E-state index in [0.717, 1.165) is 12.8 Å². The lowest BCUT2D eigenvalue weighted by Gasteiger charge is -2.30. The van der Waals surface area contributed by atoms with Gasteiger partial charge in [0.2, 0.25) is 0 Å². The van der Waals surface area contributed by atoms with Crippen molar-refractivity contribution in [1.29, 1.82) is 0 Å². The second-order valence-corrected chi connectivity index (χ2v) is 6.99. The van der Waals surface area contributed by atoms with Crippen molar-refractivity contribution in [2.24, 2.45) is 11.3 Å². The third kappa shape index (κ3) is 3.37. The van der Waals surface area contributed by atoms with E-state index in [0.29, 0.717) is 18.5 Å². The third-order valence-corrected chi connectivity index (χ3v) is 4.09. The van der Waals surface area contributed by atoms with Crippen LogP contribution in [0.3, 0.4) is 0 Å². The standard InChI is InChI=1S/C17H27NO/c1-12(2)9-14(19)11-18-16-15-8-6-5-7-13(15)10-17(16,3)4/h5-8,12,14,16,18-19H,9-11H2,1-4H3. The normalized spacial score (nSPS) is 22.5. The Bertz CT molecular complexity index is 425. The lowest BCUT2D eigenvalue weighted by atomic mass is 9.85. The Morgan fingerprint density at radius 3 is 2.68 bits per heavy atom. The molecule has 0 radical (unpaired) electrons. The predicted octanol–water partition coefficient (Wildman–Crippen LogP) is 3.31. The molecule has 2 atom stereocenters. The Morgan fingerprint density at radius 2 is 2.00 bits per heavy atom. The molecule has 1 aromatic rings. The quantitative estimate of drug-likeness (QED) is 0.852. The Balaban J connectivity index is 2.03. The van der Waals surface area contributed by atoms with Crippen LogP contribution < -0.4 is 5.32 Å². The van der Waals surface area contributed by atoms with Gasteiger partial charge in [0.05, 0.1) is 6.10 Å². The lowest BCUT2D eigenvalue weighted by Crippen LogP contribution is -2.36. The summed E-state index contributed by atoms with van der Waals surface area (Å²) in [5, 5.41) is 13.6. The maximum absolute atomic E-state index is 10.0. The molecule has 2 nitrogen and oxygen atoms in total. The van der Waals surface area contributed by atoms with Gasteiger partial charge in [-0.2, -0.15) is 0 Å². The molecule has 2 rings (SSSR count). The maximum Gasteiger partial charge on any atom is 0.0667 e. The van der Waals surface area contributed by atoms with Gasteiger partial charge in [0.15, 0.2) is 0 Å². The van der Waals surface area contributed by atoms with Crippen molar-refractivity contribution in [3.8, 4) is 0 Å². The minimum absolute atomic E-state index is 0.223. The Labute approximate surface area is 117 Å². The molecule has 0 aromatic heterocycles. The van der Waals surface area contributed by atoms with Crippen LogP contribution in [0, 0.1) is 11.3 Å². The second-order valence-electron chi connectivity index (χ2n) is 6.99. The third-order valence-electron chi connectivity index (χ3n) is 4.09. The van der Waals surface area contributed by atoms with E-state index in [1.165, 1.54) is 11.1 Å². The zero-order valence-corrected chi connectivity index (χ0v) is 12.6. The Kier molecular flexibility index (Phi) is 4.32. The average molecular weight is 261 g/mol. The highest BCUT2D eigenvalue weighted by molar-refractivity contribution is 5.37. The fourth-order valence-corrected chi connectivity index (χ4v) is 3.26. The molecule has 0 amide bonds. The molecule has 19 heavy (non-hydrogen) atoms. The largest absolute Gasteiger partial charge is 0.392 e. The average Bonchev–Trinajstić information content (AvgIpc) is 2.55. The van der Waals surface area contributed by atoms with Gasteiger partial charge in [-0.25, -0.2) is 0 Å². The van der Waals surface area contributed by atoms with Crippen LogP contribution in [0.25, 0.3) is 0 Å². The minimum atomic E-state index is -0.247. The molecule has 1 aromatic carbocycles. The van der Waals surface area contributed by atoms with Crippen molar-refractivity contribution >= 4 is 0 Å². The van der Waals surface area contributed by atoms with Crippen molar-refractivity contribution < 1.29 is 5.11 Å². The van der Waals surface area contributed by atoms with Crippen molar-refractivity contribution in [2.75, 3.05) is 6.54 Å².